The maximum absolute atomic E-state index is 11.3. The quantitative estimate of drug-likeness (QED) is 0.886. The Labute approximate surface area is 102 Å². The minimum Gasteiger partial charge on any atom is -0.384 e. The molecule has 0 aromatic heterocycles. The van der Waals surface area contributed by atoms with Crippen LogP contribution in [-0.4, -0.2) is 26.5 Å². The van der Waals surface area contributed by atoms with Crippen LogP contribution in [0, 0.1) is 6.92 Å². The molecule has 0 aliphatic heterocycles. The van der Waals surface area contributed by atoms with Crippen LogP contribution >= 0.6 is 11.6 Å². The van der Waals surface area contributed by atoms with Gasteiger partial charge in [0.15, 0.2) is 9.84 Å². The number of halogens is 1. The first kappa shape index (κ1) is 13.3. The molecule has 0 aliphatic rings. The van der Waals surface area contributed by atoms with Crippen LogP contribution in [0.3, 0.4) is 0 Å². The molecule has 3 nitrogen and oxygen atoms in total. The molecule has 0 amide bonds. The summed E-state index contributed by atoms with van der Waals surface area (Å²) >= 11 is 5.85. The van der Waals surface area contributed by atoms with Crippen molar-refractivity contribution in [2.75, 3.05) is 23.4 Å². The molecule has 1 N–H and O–H groups in total. The molecule has 16 heavy (non-hydrogen) atoms. The van der Waals surface area contributed by atoms with Crippen molar-refractivity contribution >= 4 is 27.1 Å². The van der Waals surface area contributed by atoms with Crippen LogP contribution in [0.1, 0.15) is 12.5 Å². The molecular formula is C11H16ClNO2S. The lowest BCUT2D eigenvalue weighted by atomic mass is 10.2. The van der Waals surface area contributed by atoms with Crippen LogP contribution in [0.15, 0.2) is 18.2 Å². The lowest BCUT2D eigenvalue weighted by molar-refractivity contribution is 0.597. The van der Waals surface area contributed by atoms with Crippen LogP contribution in [0.25, 0.3) is 0 Å². The molecular weight excluding hydrogens is 246 g/mol. The highest BCUT2D eigenvalue weighted by Gasteiger charge is 2.07. The number of hydrogen-bond acceptors (Lipinski definition) is 3. The van der Waals surface area contributed by atoms with E-state index in [1.54, 1.807) is 13.0 Å². The SMILES string of the molecule is CCS(=O)(=O)CCNc1cc(Cl)ccc1C. The second kappa shape index (κ2) is 5.55. The van der Waals surface area contributed by atoms with Gasteiger partial charge in [-0.1, -0.05) is 24.6 Å². The monoisotopic (exact) mass is 261 g/mol. The fourth-order valence-electron chi connectivity index (χ4n) is 1.27. The number of sulfone groups is 1. The Hall–Kier alpha value is -0.740. The Morgan fingerprint density at radius 1 is 1.38 bits per heavy atom. The number of hydrogen-bond donors (Lipinski definition) is 1. The summed E-state index contributed by atoms with van der Waals surface area (Å²) in [6.45, 7) is 4.02. The van der Waals surface area contributed by atoms with Gasteiger partial charge in [-0.05, 0) is 24.6 Å². The van der Waals surface area contributed by atoms with Crippen LogP contribution in [0.2, 0.25) is 5.02 Å². The van der Waals surface area contributed by atoms with Gasteiger partial charge in [-0.15, -0.1) is 0 Å². The first-order valence-corrected chi connectivity index (χ1v) is 7.35. The molecule has 0 saturated heterocycles. The molecule has 0 spiro atoms. The van der Waals surface area contributed by atoms with E-state index in [1.807, 2.05) is 19.1 Å². The van der Waals surface area contributed by atoms with Crippen molar-refractivity contribution in [3.05, 3.63) is 28.8 Å². The average molecular weight is 262 g/mol. The summed E-state index contributed by atoms with van der Waals surface area (Å²) in [7, 11) is -2.91. The molecule has 5 heteroatoms. The Kier molecular flexibility index (Phi) is 4.62. The van der Waals surface area contributed by atoms with Crippen molar-refractivity contribution in [1.29, 1.82) is 0 Å². The van der Waals surface area contributed by atoms with Crippen molar-refractivity contribution in [1.82, 2.24) is 0 Å². The fraction of sp³-hybridized carbons (Fsp3) is 0.455. The molecule has 0 saturated carbocycles. The normalized spacial score (nSPS) is 11.4. The lowest BCUT2D eigenvalue weighted by Crippen LogP contribution is -2.17. The van der Waals surface area contributed by atoms with E-state index in [-0.39, 0.29) is 11.5 Å². The van der Waals surface area contributed by atoms with E-state index in [4.69, 9.17) is 11.6 Å². The number of rotatable bonds is 5. The molecule has 0 unspecified atom stereocenters. The van der Waals surface area contributed by atoms with Crippen LogP contribution in [0.4, 0.5) is 5.69 Å². The van der Waals surface area contributed by atoms with Gasteiger partial charge in [0.1, 0.15) is 0 Å². The third-order valence-electron chi connectivity index (χ3n) is 2.37. The van der Waals surface area contributed by atoms with Crippen LogP contribution in [-0.2, 0) is 9.84 Å². The predicted octanol–water partition coefficient (Wildman–Crippen LogP) is 2.50. The molecule has 0 fully saturated rings. The van der Waals surface area contributed by atoms with Gasteiger partial charge in [0.2, 0.25) is 0 Å². The van der Waals surface area contributed by atoms with Gasteiger partial charge >= 0.3 is 0 Å². The number of benzene rings is 1. The molecule has 0 heterocycles. The Bertz CT molecular complexity index is 457. The molecule has 1 rings (SSSR count). The smallest absolute Gasteiger partial charge is 0.151 e. The van der Waals surface area contributed by atoms with Crippen molar-refractivity contribution in [2.45, 2.75) is 13.8 Å². The zero-order valence-electron chi connectivity index (χ0n) is 9.46. The highest BCUT2D eigenvalue weighted by Crippen LogP contribution is 2.19. The second-order valence-corrected chi connectivity index (χ2v) is 6.53. The minimum absolute atomic E-state index is 0.148. The largest absolute Gasteiger partial charge is 0.384 e. The van der Waals surface area contributed by atoms with E-state index in [0.717, 1.165) is 11.3 Å². The molecule has 0 bridgehead atoms. The van der Waals surface area contributed by atoms with Gasteiger partial charge in [0.25, 0.3) is 0 Å². The molecule has 90 valence electrons. The van der Waals surface area contributed by atoms with Crippen molar-refractivity contribution < 1.29 is 8.42 Å². The first-order valence-electron chi connectivity index (χ1n) is 5.15. The zero-order chi connectivity index (χ0) is 12.2. The van der Waals surface area contributed by atoms with E-state index in [2.05, 4.69) is 5.32 Å². The van der Waals surface area contributed by atoms with Gasteiger partial charge in [0.05, 0.1) is 5.75 Å². The van der Waals surface area contributed by atoms with Crippen molar-refractivity contribution in [2.24, 2.45) is 0 Å². The van der Waals surface area contributed by atoms with Gasteiger partial charge in [-0.25, -0.2) is 8.42 Å². The Morgan fingerprint density at radius 2 is 2.06 bits per heavy atom. The van der Waals surface area contributed by atoms with Crippen molar-refractivity contribution in [3.63, 3.8) is 0 Å². The summed E-state index contributed by atoms with van der Waals surface area (Å²) < 4.78 is 22.6. The topological polar surface area (TPSA) is 46.2 Å². The Morgan fingerprint density at radius 3 is 2.69 bits per heavy atom. The maximum Gasteiger partial charge on any atom is 0.151 e. The summed E-state index contributed by atoms with van der Waals surface area (Å²) in [5.41, 5.74) is 1.94. The highest BCUT2D eigenvalue weighted by molar-refractivity contribution is 7.91. The standard InChI is InChI=1S/C11H16ClNO2S/c1-3-16(14,15)7-6-13-11-8-10(12)5-4-9(11)2/h4-5,8,13H,3,6-7H2,1-2H3. The summed E-state index contributed by atoms with van der Waals surface area (Å²) in [6.07, 6.45) is 0. The molecule has 0 aliphatic carbocycles. The molecule has 1 aromatic carbocycles. The minimum atomic E-state index is -2.91. The summed E-state index contributed by atoms with van der Waals surface area (Å²) in [5, 5.41) is 3.73. The van der Waals surface area contributed by atoms with E-state index in [1.165, 1.54) is 0 Å². The fourth-order valence-corrected chi connectivity index (χ4v) is 2.14. The van der Waals surface area contributed by atoms with E-state index >= 15 is 0 Å². The van der Waals surface area contributed by atoms with Gasteiger partial charge in [-0.3, -0.25) is 0 Å². The number of aryl methyl sites for hydroxylation is 1. The zero-order valence-corrected chi connectivity index (χ0v) is 11.0. The summed E-state index contributed by atoms with van der Waals surface area (Å²) in [4.78, 5) is 0. The van der Waals surface area contributed by atoms with E-state index < -0.39 is 9.84 Å². The third kappa shape index (κ3) is 4.02. The van der Waals surface area contributed by atoms with Crippen molar-refractivity contribution in [3.8, 4) is 0 Å². The molecule has 0 radical (unpaired) electrons. The van der Waals surface area contributed by atoms with Crippen LogP contribution in [0.5, 0.6) is 0 Å². The number of nitrogens with one attached hydrogen (secondary N) is 1. The van der Waals surface area contributed by atoms with Crippen LogP contribution < -0.4 is 5.32 Å². The Balaban J connectivity index is 2.59. The van der Waals surface area contributed by atoms with Gasteiger partial charge in [-0.2, -0.15) is 0 Å². The summed E-state index contributed by atoms with van der Waals surface area (Å²) in [5.74, 6) is 0.332. The lowest BCUT2D eigenvalue weighted by Gasteiger charge is -2.09. The third-order valence-corrected chi connectivity index (χ3v) is 4.31. The van der Waals surface area contributed by atoms with E-state index in [0.29, 0.717) is 11.6 Å². The maximum atomic E-state index is 11.3. The molecule has 0 atom stereocenters. The van der Waals surface area contributed by atoms with E-state index in [9.17, 15) is 8.42 Å². The summed E-state index contributed by atoms with van der Waals surface area (Å²) in [6, 6.07) is 5.51. The van der Waals surface area contributed by atoms with Gasteiger partial charge in [0, 0.05) is 23.0 Å². The first-order chi connectivity index (χ1) is 7.44. The average Bonchev–Trinajstić information content (AvgIpc) is 2.23. The second-order valence-electron chi connectivity index (χ2n) is 3.62. The molecule has 1 aromatic rings. The predicted molar refractivity (Wildman–Crippen MR) is 69.0 cm³/mol. The van der Waals surface area contributed by atoms with Gasteiger partial charge < -0.3 is 5.32 Å². The highest BCUT2D eigenvalue weighted by atomic mass is 35.5. The number of anilines is 1.